The highest BCUT2D eigenvalue weighted by atomic mass is 16.2. The molecule has 0 aliphatic rings. The second-order valence-corrected chi connectivity index (χ2v) is 9.00. The van der Waals surface area contributed by atoms with E-state index in [9.17, 15) is 9.59 Å². The van der Waals surface area contributed by atoms with Gasteiger partial charge in [-0.3, -0.25) is 14.6 Å². The largest absolute Gasteiger partial charge is 0.370 e. The zero-order chi connectivity index (χ0) is 26.1. The molecular formula is C29H35N5O2. The average molecular weight is 486 g/mol. The second-order valence-electron chi connectivity index (χ2n) is 9.00. The summed E-state index contributed by atoms with van der Waals surface area (Å²) in [6, 6.07) is 28.2. The van der Waals surface area contributed by atoms with Gasteiger partial charge in [-0.15, -0.1) is 0 Å². The van der Waals surface area contributed by atoms with E-state index in [2.05, 4.69) is 4.99 Å². The van der Waals surface area contributed by atoms with E-state index in [1.165, 1.54) is 0 Å². The van der Waals surface area contributed by atoms with Crippen molar-refractivity contribution in [2.45, 2.75) is 37.3 Å². The molecule has 6 N–H and O–H groups in total. The van der Waals surface area contributed by atoms with Crippen LogP contribution in [0.5, 0.6) is 0 Å². The van der Waals surface area contributed by atoms with Crippen molar-refractivity contribution in [1.29, 1.82) is 0 Å². The standard InChI is InChI=1S/C29H35N5O2/c1-21(22-13-6-3-7-14-22)34(2)27(36)29(32,19-12-20-33-28(30)31)26(35)25(23-15-8-4-9-16-23)24-17-10-5-11-18-24/h3-11,13-18,21,25H,12,19-20,32H2,1-2H3,(H4,30,31,33)/t21?,29-/m0/s1. The molecule has 0 saturated heterocycles. The minimum Gasteiger partial charge on any atom is -0.370 e. The molecule has 0 saturated carbocycles. The molecule has 7 heteroatoms. The number of hydrogen-bond acceptors (Lipinski definition) is 4. The van der Waals surface area contributed by atoms with Crippen molar-refractivity contribution < 1.29 is 9.59 Å². The average Bonchev–Trinajstić information content (AvgIpc) is 2.91. The summed E-state index contributed by atoms with van der Waals surface area (Å²) < 4.78 is 0. The molecule has 0 spiro atoms. The van der Waals surface area contributed by atoms with Gasteiger partial charge in [0.1, 0.15) is 0 Å². The van der Waals surface area contributed by atoms with Crippen LogP contribution in [0.15, 0.2) is 96.0 Å². The van der Waals surface area contributed by atoms with Crippen LogP contribution in [0.1, 0.15) is 48.4 Å². The summed E-state index contributed by atoms with van der Waals surface area (Å²) in [6.45, 7) is 2.19. The maximum absolute atomic E-state index is 14.3. The maximum atomic E-state index is 14.3. The molecule has 0 aliphatic heterocycles. The van der Waals surface area contributed by atoms with Gasteiger partial charge in [-0.25, -0.2) is 0 Å². The van der Waals surface area contributed by atoms with Gasteiger partial charge >= 0.3 is 0 Å². The summed E-state index contributed by atoms with van der Waals surface area (Å²) >= 11 is 0. The third kappa shape index (κ3) is 6.17. The van der Waals surface area contributed by atoms with Gasteiger partial charge in [-0.05, 0) is 36.5 Å². The predicted molar refractivity (Wildman–Crippen MR) is 144 cm³/mol. The molecule has 0 bridgehead atoms. The number of rotatable bonds is 11. The number of benzene rings is 3. The van der Waals surface area contributed by atoms with Crippen LogP contribution < -0.4 is 17.2 Å². The molecule has 2 atom stereocenters. The molecule has 7 nitrogen and oxygen atoms in total. The van der Waals surface area contributed by atoms with Crippen LogP contribution in [-0.2, 0) is 9.59 Å². The summed E-state index contributed by atoms with van der Waals surface area (Å²) in [6.07, 6.45) is 0.471. The van der Waals surface area contributed by atoms with Gasteiger partial charge < -0.3 is 22.1 Å². The summed E-state index contributed by atoms with van der Waals surface area (Å²) in [4.78, 5) is 33.9. The van der Waals surface area contributed by atoms with Gasteiger partial charge in [0.15, 0.2) is 17.3 Å². The first kappa shape index (κ1) is 26.6. The molecule has 0 fully saturated rings. The van der Waals surface area contributed by atoms with Crippen molar-refractivity contribution >= 4 is 17.6 Å². The van der Waals surface area contributed by atoms with Crippen molar-refractivity contribution in [3.63, 3.8) is 0 Å². The van der Waals surface area contributed by atoms with Crippen LogP contribution in [0.25, 0.3) is 0 Å². The number of nitrogens with two attached hydrogens (primary N) is 3. The Hall–Kier alpha value is -3.97. The molecule has 3 aromatic carbocycles. The Morgan fingerprint density at radius 3 is 1.72 bits per heavy atom. The lowest BCUT2D eigenvalue weighted by atomic mass is 9.76. The quantitative estimate of drug-likeness (QED) is 0.166. The monoisotopic (exact) mass is 485 g/mol. The fourth-order valence-corrected chi connectivity index (χ4v) is 4.39. The van der Waals surface area contributed by atoms with Crippen LogP contribution in [0.2, 0.25) is 0 Å². The van der Waals surface area contributed by atoms with Crippen LogP contribution in [0.4, 0.5) is 0 Å². The van der Waals surface area contributed by atoms with Crippen molar-refractivity contribution in [3.05, 3.63) is 108 Å². The highest BCUT2D eigenvalue weighted by Crippen LogP contribution is 2.33. The third-order valence-electron chi connectivity index (χ3n) is 6.56. The highest BCUT2D eigenvalue weighted by Gasteiger charge is 2.47. The number of carbonyl (C=O) groups is 2. The minimum absolute atomic E-state index is 0.0449. The Balaban J connectivity index is 2.03. The fourth-order valence-electron chi connectivity index (χ4n) is 4.39. The SMILES string of the molecule is CC(c1ccccc1)N(C)C(=O)[C@](N)(CCCN=C(N)N)C(=O)C(c1ccccc1)c1ccccc1. The van der Waals surface area contributed by atoms with E-state index in [1.54, 1.807) is 11.9 Å². The molecule has 1 unspecified atom stereocenters. The van der Waals surface area contributed by atoms with Crippen molar-refractivity contribution in [2.24, 2.45) is 22.2 Å². The summed E-state index contributed by atoms with van der Waals surface area (Å²) in [5.74, 6) is -1.55. The zero-order valence-corrected chi connectivity index (χ0v) is 20.9. The molecular weight excluding hydrogens is 450 g/mol. The molecule has 3 rings (SSSR count). The minimum atomic E-state index is -1.78. The van der Waals surface area contributed by atoms with Gasteiger partial charge in [-0.1, -0.05) is 91.0 Å². The van der Waals surface area contributed by atoms with Gasteiger partial charge in [0.2, 0.25) is 0 Å². The number of carbonyl (C=O) groups excluding carboxylic acids is 2. The number of nitrogens with zero attached hydrogens (tertiary/aromatic N) is 2. The zero-order valence-electron chi connectivity index (χ0n) is 20.9. The number of likely N-dealkylation sites (N-methyl/N-ethyl adjacent to an activating group) is 1. The van der Waals surface area contributed by atoms with Gasteiger partial charge in [0, 0.05) is 13.6 Å². The van der Waals surface area contributed by atoms with Gasteiger partial charge in [-0.2, -0.15) is 0 Å². The normalized spacial score (nSPS) is 13.4. The lowest BCUT2D eigenvalue weighted by molar-refractivity contribution is -0.144. The Labute approximate surface area is 213 Å². The smallest absolute Gasteiger partial charge is 0.250 e. The Kier molecular flexibility index (Phi) is 8.97. The number of hydrogen-bond donors (Lipinski definition) is 3. The molecule has 3 aromatic rings. The summed E-state index contributed by atoms with van der Waals surface area (Å²) in [5.41, 5.74) is 18.5. The lowest BCUT2D eigenvalue weighted by Gasteiger charge is -2.37. The van der Waals surface area contributed by atoms with Crippen LogP contribution in [0, 0.1) is 0 Å². The Morgan fingerprint density at radius 2 is 1.28 bits per heavy atom. The Morgan fingerprint density at radius 1 is 0.833 bits per heavy atom. The first-order chi connectivity index (χ1) is 17.3. The summed E-state index contributed by atoms with van der Waals surface area (Å²) in [5, 5.41) is 0. The summed E-state index contributed by atoms with van der Waals surface area (Å²) in [7, 11) is 1.69. The first-order valence-electron chi connectivity index (χ1n) is 12.1. The molecule has 36 heavy (non-hydrogen) atoms. The van der Waals surface area contributed by atoms with Crippen molar-refractivity contribution in [1.82, 2.24) is 4.90 Å². The molecule has 188 valence electrons. The van der Waals surface area contributed by atoms with Gasteiger partial charge in [0.25, 0.3) is 5.91 Å². The number of amides is 1. The number of Topliss-reactive ketones (excluding diaryl/α,β-unsaturated/α-hetero) is 1. The van der Waals surface area contributed by atoms with E-state index < -0.39 is 17.4 Å². The number of guanidine groups is 1. The molecule has 0 aliphatic carbocycles. The van der Waals surface area contributed by atoms with E-state index >= 15 is 0 Å². The van der Waals surface area contributed by atoms with E-state index in [4.69, 9.17) is 17.2 Å². The van der Waals surface area contributed by atoms with Crippen molar-refractivity contribution in [3.8, 4) is 0 Å². The van der Waals surface area contributed by atoms with Crippen LogP contribution in [0.3, 0.4) is 0 Å². The molecule has 1 amide bonds. The molecule has 0 heterocycles. The number of ketones is 1. The van der Waals surface area contributed by atoms with E-state index in [0.717, 1.165) is 16.7 Å². The van der Waals surface area contributed by atoms with Crippen LogP contribution in [-0.4, -0.2) is 41.7 Å². The van der Waals surface area contributed by atoms with Crippen molar-refractivity contribution in [2.75, 3.05) is 13.6 Å². The van der Waals surface area contributed by atoms with E-state index in [-0.39, 0.29) is 30.8 Å². The van der Waals surface area contributed by atoms with Crippen LogP contribution >= 0.6 is 0 Å². The fraction of sp³-hybridized carbons (Fsp3) is 0.276. The second kappa shape index (κ2) is 12.1. The number of aliphatic imine (C=N–C) groups is 1. The Bertz CT molecular complexity index is 1120. The predicted octanol–water partition coefficient (Wildman–Crippen LogP) is 3.36. The van der Waals surface area contributed by atoms with E-state index in [1.807, 2.05) is 97.9 Å². The first-order valence-corrected chi connectivity index (χ1v) is 12.1. The maximum Gasteiger partial charge on any atom is 0.250 e. The third-order valence-corrected chi connectivity index (χ3v) is 6.56. The molecule has 0 radical (unpaired) electrons. The lowest BCUT2D eigenvalue weighted by Crippen LogP contribution is -2.61. The highest BCUT2D eigenvalue weighted by molar-refractivity contribution is 6.13. The van der Waals surface area contributed by atoms with E-state index in [0.29, 0.717) is 6.42 Å². The topological polar surface area (TPSA) is 128 Å². The molecule has 0 aromatic heterocycles. The van der Waals surface area contributed by atoms with Gasteiger partial charge in [0.05, 0.1) is 12.0 Å².